The first-order valence-corrected chi connectivity index (χ1v) is 6.73. The van der Waals surface area contributed by atoms with Gasteiger partial charge in [0, 0.05) is 29.2 Å². The van der Waals surface area contributed by atoms with Gasteiger partial charge in [-0.05, 0) is 56.5 Å². The maximum Gasteiger partial charge on any atom is 0.224 e. The standard InChI is InChI=1S/C16H18N2O/c1-11-6-7-12(2)18(11)14-9-8-13-4-3-5-16(19)17-15(13)10-14/h6-10H,3-5H2,1-2H3,(H,17,19). The van der Waals surface area contributed by atoms with E-state index in [4.69, 9.17) is 0 Å². The molecule has 1 N–H and O–H groups in total. The Bertz CT molecular complexity index is 621. The first kappa shape index (κ1) is 12.0. The molecular formula is C16H18N2O. The molecule has 0 radical (unpaired) electrons. The lowest BCUT2D eigenvalue weighted by atomic mass is 10.1. The Balaban J connectivity index is 2.08. The number of hydrogen-bond acceptors (Lipinski definition) is 1. The van der Waals surface area contributed by atoms with Gasteiger partial charge in [0.25, 0.3) is 0 Å². The van der Waals surface area contributed by atoms with E-state index in [9.17, 15) is 4.79 Å². The Labute approximate surface area is 113 Å². The van der Waals surface area contributed by atoms with Crippen molar-refractivity contribution in [1.82, 2.24) is 4.57 Å². The van der Waals surface area contributed by atoms with E-state index in [0.717, 1.165) is 24.2 Å². The highest BCUT2D eigenvalue weighted by Gasteiger charge is 2.14. The molecule has 2 aromatic rings. The van der Waals surface area contributed by atoms with Crippen molar-refractivity contribution in [1.29, 1.82) is 0 Å². The van der Waals surface area contributed by atoms with Crippen LogP contribution in [0.25, 0.3) is 5.69 Å². The normalized spacial score (nSPS) is 14.7. The van der Waals surface area contributed by atoms with E-state index in [2.05, 4.69) is 54.1 Å². The van der Waals surface area contributed by atoms with Crippen LogP contribution in [-0.2, 0) is 11.2 Å². The molecule has 2 heterocycles. The zero-order chi connectivity index (χ0) is 13.4. The maximum atomic E-state index is 11.7. The van der Waals surface area contributed by atoms with Crippen LogP contribution in [0, 0.1) is 13.8 Å². The second-order valence-corrected chi connectivity index (χ2v) is 5.19. The predicted octanol–water partition coefficient (Wildman–Crippen LogP) is 3.37. The van der Waals surface area contributed by atoms with Crippen molar-refractivity contribution in [2.45, 2.75) is 33.1 Å². The number of carbonyl (C=O) groups excluding carboxylic acids is 1. The Morgan fingerprint density at radius 2 is 1.79 bits per heavy atom. The SMILES string of the molecule is Cc1ccc(C)n1-c1ccc2c(c1)NC(=O)CCC2. The monoisotopic (exact) mass is 254 g/mol. The van der Waals surface area contributed by atoms with Crippen LogP contribution in [-0.4, -0.2) is 10.5 Å². The topological polar surface area (TPSA) is 34.0 Å². The van der Waals surface area contributed by atoms with Gasteiger partial charge in [0.2, 0.25) is 5.91 Å². The van der Waals surface area contributed by atoms with Gasteiger partial charge in [0.15, 0.2) is 0 Å². The number of anilines is 1. The highest BCUT2D eigenvalue weighted by atomic mass is 16.1. The van der Waals surface area contributed by atoms with E-state index >= 15 is 0 Å². The van der Waals surface area contributed by atoms with Crippen molar-refractivity contribution in [3.05, 3.63) is 47.3 Å². The number of benzene rings is 1. The summed E-state index contributed by atoms with van der Waals surface area (Å²) in [6, 6.07) is 10.6. The molecule has 1 amide bonds. The lowest BCUT2D eigenvalue weighted by Crippen LogP contribution is -2.10. The number of amides is 1. The fourth-order valence-electron chi connectivity index (χ4n) is 2.77. The minimum Gasteiger partial charge on any atom is -0.326 e. The molecule has 1 aliphatic heterocycles. The summed E-state index contributed by atoms with van der Waals surface area (Å²) in [5.74, 6) is 0.122. The predicted molar refractivity (Wildman–Crippen MR) is 76.8 cm³/mol. The fourth-order valence-corrected chi connectivity index (χ4v) is 2.77. The number of rotatable bonds is 1. The quantitative estimate of drug-likeness (QED) is 0.831. The van der Waals surface area contributed by atoms with Crippen LogP contribution in [0.4, 0.5) is 5.69 Å². The lowest BCUT2D eigenvalue weighted by Gasteiger charge is -2.13. The minimum absolute atomic E-state index is 0.122. The Morgan fingerprint density at radius 3 is 2.53 bits per heavy atom. The lowest BCUT2D eigenvalue weighted by molar-refractivity contribution is -0.116. The average molecular weight is 254 g/mol. The summed E-state index contributed by atoms with van der Waals surface area (Å²) in [5.41, 5.74) is 5.72. The Hall–Kier alpha value is -2.03. The number of aryl methyl sites for hydroxylation is 3. The number of nitrogens with zero attached hydrogens (tertiary/aromatic N) is 1. The van der Waals surface area contributed by atoms with Crippen molar-refractivity contribution in [2.24, 2.45) is 0 Å². The molecule has 19 heavy (non-hydrogen) atoms. The summed E-state index contributed by atoms with van der Waals surface area (Å²) in [4.78, 5) is 11.7. The molecule has 1 aliphatic rings. The van der Waals surface area contributed by atoms with Crippen LogP contribution in [0.2, 0.25) is 0 Å². The first-order valence-electron chi connectivity index (χ1n) is 6.73. The molecule has 1 aromatic carbocycles. The summed E-state index contributed by atoms with van der Waals surface area (Å²) in [6.45, 7) is 4.19. The van der Waals surface area contributed by atoms with Gasteiger partial charge in [-0.3, -0.25) is 4.79 Å². The van der Waals surface area contributed by atoms with Crippen LogP contribution in [0.3, 0.4) is 0 Å². The Kier molecular flexibility index (Phi) is 2.90. The van der Waals surface area contributed by atoms with Crippen LogP contribution in [0.1, 0.15) is 29.8 Å². The summed E-state index contributed by atoms with van der Waals surface area (Å²) in [7, 11) is 0. The first-order chi connectivity index (χ1) is 9.15. The Morgan fingerprint density at radius 1 is 1.05 bits per heavy atom. The van der Waals surface area contributed by atoms with Gasteiger partial charge in [0.1, 0.15) is 0 Å². The summed E-state index contributed by atoms with van der Waals surface area (Å²) in [5, 5.41) is 3.01. The summed E-state index contributed by atoms with van der Waals surface area (Å²) < 4.78 is 2.21. The largest absolute Gasteiger partial charge is 0.326 e. The van der Waals surface area contributed by atoms with Gasteiger partial charge < -0.3 is 9.88 Å². The van der Waals surface area contributed by atoms with Crippen molar-refractivity contribution in [3.63, 3.8) is 0 Å². The van der Waals surface area contributed by atoms with Gasteiger partial charge in [-0.15, -0.1) is 0 Å². The zero-order valence-electron chi connectivity index (χ0n) is 11.4. The third kappa shape index (κ3) is 2.16. The number of nitrogens with one attached hydrogen (secondary N) is 1. The molecule has 0 unspecified atom stereocenters. The van der Waals surface area contributed by atoms with Crippen LogP contribution in [0.15, 0.2) is 30.3 Å². The van der Waals surface area contributed by atoms with Crippen LogP contribution >= 0.6 is 0 Å². The third-order valence-electron chi connectivity index (χ3n) is 3.75. The van der Waals surface area contributed by atoms with E-state index in [1.165, 1.54) is 17.0 Å². The molecular weight excluding hydrogens is 236 g/mol. The van der Waals surface area contributed by atoms with Gasteiger partial charge in [-0.2, -0.15) is 0 Å². The molecule has 3 heteroatoms. The van der Waals surface area contributed by atoms with Gasteiger partial charge in [-0.25, -0.2) is 0 Å². The molecule has 0 aliphatic carbocycles. The molecule has 0 saturated heterocycles. The molecule has 0 spiro atoms. The second-order valence-electron chi connectivity index (χ2n) is 5.19. The van der Waals surface area contributed by atoms with Crippen molar-refractivity contribution < 1.29 is 4.79 Å². The zero-order valence-corrected chi connectivity index (χ0v) is 11.4. The molecule has 0 bridgehead atoms. The highest BCUT2D eigenvalue weighted by molar-refractivity contribution is 5.92. The number of aromatic nitrogens is 1. The minimum atomic E-state index is 0.122. The van der Waals surface area contributed by atoms with Crippen LogP contribution in [0.5, 0.6) is 0 Å². The van der Waals surface area contributed by atoms with E-state index in [1.54, 1.807) is 0 Å². The number of hydrogen-bond donors (Lipinski definition) is 1. The van der Waals surface area contributed by atoms with E-state index < -0.39 is 0 Å². The van der Waals surface area contributed by atoms with Crippen LogP contribution < -0.4 is 5.32 Å². The van der Waals surface area contributed by atoms with E-state index in [1.807, 2.05) is 0 Å². The highest BCUT2D eigenvalue weighted by Crippen LogP contribution is 2.26. The fraction of sp³-hybridized carbons (Fsp3) is 0.312. The van der Waals surface area contributed by atoms with Gasteiger partial charge in [0.05, 0.1) is 0 Å². The molecule has 1 aromatic heterocycles. The van der Waals surface area contributed by atoms with Crippen molar-refractivity contribution in [3.8, 4) is 5.69 Å². The summed E-state index contributed by atoms with van der Waals surface area (Å²) >= 11 is 0. The number of fused-ring (bicyclic) bond motifs is 1. The molecule has 0 atom stereocenters. The van der Waals surface area contributed by atoms with E-state index in [-0.39, 0.29) is 5.91 Å². The second kappa shape index (κ2) is 4.57. The van der Waals surface area contributed by atoms with Crippen molar-refractivity contribution in [2.75, 3.05) is 5.32 Å². The maximum absolute atomic E-state index is 11.7. The molecule has 3 rings (SSSR count). The average Bonchev–Trinajstić information content (AvgIpc) is 2.60. The molecule has 0 fully saturated rings. The summed E-state index contributed by atoms with van der Waals surface area (Å²) in [6.07, 6.45) is 2.52. The van der Waals surface area contributed by atoms with Gasteiger partial charge >= 0.3 is 0 Å². The van der Waals surface area contributed by atoms with Gasteiger partial charge in [-0.1, -0.05) is 6.07 Å². The van der Waals surface area contributed by atoms with Crippen molar-refractivity contribution >= 4 is 11.6 Å². The third-order valence-corrected chi connectivity index (χ3v) is 3.75. The molecule has 3 nitrogen and oxygen atoms in total. The number of carbonyl (C=O) groups is 1. The molecule has 0 saturated carbocycles. The molecule has 98 valence electrons. The van der Waals surface area contributed by atoms with E-state index in [0.29, 0.717) is 6.42 Å². The smallest absolute Gasteiger partial charge is 0.224 e.